The molecule has 1 heterocycles. The van der Waals surface area contributed by atoms with Gasteiger partial charge < -0.3 is 10.1 Å². The molecule has 3 aromatic rings. The molecule has 2 aromatic carbocycles. The molecule has 26 heavy (non-hydrogen) atoms. The summed E-state index contributed by atoms with van der Waals surface area (Å²) in [7, 11) is 0. The third-order valence-corrected chi connectivity index (χ3v) is 3.95. The lowest BCUT2D eigenvalue weighted by Crippen LogP contribution is -2.24. The van der Waals surface area contributed by atoms with Gasteiger partial charge in [0.2, 0.25) is 5.91 Å². The van der Waals surface area contributed by atoms with Gasteiger partial charge in [-0.2, -0.15) is 5.21 Å². The summed E-state index contributed by atoms with van der Waals surface area (Å²) in [5.74, 6) is 0.411. The maximum atomic E-state index is 12.8. The third-order valence-electron chi connectivity index (χ3n) is 3.95. The summed E-state index contributed by atoms with van der Waals surface area (Å²) in [6.07, 6.45) is 0.490. The second-order valence-corrected chi connectivity index (χ2v) is 5.96. The Hall–Kier alpha value is -3.22. The van der Waals surface area contributed by atoms with Crippen LogP contribution in [0.3, 0.4) is 0 Å². The third kappa shape index (κ3) is 4.44. The van der Waals surface area contributed by atoms with Crippen molar-refractivity contribution in [2.24, 2.45) is 0 Å². The Morgan fingerprint density at radius 2 is 2.04 bits per heavy atom. The van der Waals surface area contributed by atoms with Crippen LogP contribution in [0.2, 0.25) is 0 Å². The molecule has 1 unspecified atom stereocenters. The van der Waals surface area contributed by atoms with E-state index in [2.05, 4.69) is 32.0 Å². The zero-order valence-electron chi connectivity index (χ0n) is 14.8. The summed E-state index contributed by atoms with van der Waals surface area (Å²) >= 11 is 0. The van der Waals surface area contributed by atoms with E-state index in [1.54, 1.807) is 0 Å². The van der Waals surface area contributed by atoms with E-state index in [0.29, 0.717) is 24.5 Å². The zero-order chi connectivity index (χ0) is 18.4. The van der Waals surface area contributed by atoms with Crippen LogP contribution in [0.1, 0.15) is 29.8 Å². The van der Waals surface area contributed by atoms with Crippen molar-refractivity contribution >= 4 is 11.6 Å². The van der Waals surface area contributed by atoms with Crippen LogP contribution in [0.15, 0.2) is 48.5 Å². The maximum Gasteiger partial charge on any atom is 0.235 e. The van der Waals surface area contributed by atoms with E-state index in [9.17, 15) is 4.79 Å². The lowest BCUT2D eigenvalue weighted by molar-refractivity contribution is -0.117. The van der Waals surface area contributed by atoms with E-state index in [0.717, 1.165) is 16.9 Å². The standard InChI is InChI=1S/C19H21N5O2/c1-3-26-16-9-7-15(8-10-16)20-19(25)17(18-21-23-24-22-18)12-14-6-4-5-13(2)11-14/h4-11,17H,3,12H2,1-2H3,(H,20,25)(H,21,22,23,24). The van der Waals surface area contributed by atoms with E-state index in [-0.39, 0.29) is 5.91 Å². The number of H-pyrrole nitrogens is 1. The van der Waals surface area contributed by atoms with Crippen molar-refractivity contribution in [3.63, 3.8) is 0 Å². The molecule has 0 aliphatic rings. The number of aromatic amines is 1. The molecule has 2 N–H and O–H groups in total. The molecule has 0 radical (unpaired) electrons. The molecule has 7 nitrogen and oxygen atoms in total. The SMILES string of the molecule is CCOc1ccc(NC(=O)C(Cc2cccc(C)c2)c2nn[nH]n2)cc1. The number of tetrazole rings is 1. The number of amides is 1. The first kappa shape index (κ1) is 17.6. The molecule has 0 bridgehead atoms. The monoisotopic (exact) mass is 351 g/mol. The number of hydrogen-bond acceptors (Lipinski definition) is 5. The summed E-state index contributed by atoms with van der Waals surface area (Å²) in [6.45, 7) is 4.55. The molecule has 0 fully saturated rings. The minimum absolute atomic E-state index is 0.183. The van der Waals surface area contributed by atoms with Crippen molar-refractivity contribution in [3.05, 3.63) is 65.5 Å². The topological polar surface area (TPSA) is 92.8 Å². The number of anilines is 1. The van der Waals surface area contributed by atoms with Gasteiger partial charge in [-0.1, -0.05) is 35.0 Å². The summed E-state index contributed by atoms with van der Waals surface area (Å²) in [5.41, 5.74) is 2.87. The Bertz CT molecular complexity index is 847. The number of benzene rings is 2. The predicted octanol–water partition coefficient (Wildman–Crippen LogP) is 2.87. The molecule has 0 spiro atoms. The average molecular weight is 351 g/mol. The van der Waals surface area contributed by atoms with Gasteiger partial charge in [0.1, 0.15) is 11.7 Å². The van der Waals surface area contributed by atoms with Gasteiger partial charge in [0.05, 0.1) is 6.61 Å². The largest absolute Gasteiger partial charge is 0.494 e. The van der Waals surface area contributed by atoms with Gasteiger partial charge in [0.15, 0.2) is 5.82 Å². The molecule has 1 amide bonds. The molecule has 3 rings (SSSR count). The Balaban J connectivity index is 1.77. The van der Waals surface area contributed by atoms with Gasteiger partial charge in [0, 0.05) is 5.69 Å². The highest BCUT2D eigenvalue weighted by Crippen LogP contribution is 2.22. The van der Waals surface area contributed by atoms with Gasteiger partial charge in [-0.15, -0.1) is 10.2 Å². The van der Waals surface area contributed by atoms with Crippen molar-refractivity contribution in [1.82, 2.24) is 20.6 Å². The predicted molar refractivity (Wildman–Crippen MR) is 98.0 cm³/mol. The van der Waals surface area contributed by atoms with Gasteiger partial charge >= 0.3 is 0 Å². The summed E-state index contributed by atoms with van der Waals surface area (Å²) in [5, 5.41) is 16.9. The van der Waals surface area contributed by atoms with Crippen LogP contribution in [-0.2, 0) is 11.2 Å². The number of carbonyl (C=O) groups excluding carboxylic acids is 1. The number of carbonyl (C=O) groups is 1. The quantitative estimate of drug-likeness (QED) is 0.683. The highest BCUT2D eigenvalue weighted by atomic mass is 16.5. The molecule has 0 saturated carbocycles. The highest BCUT2D eigenvalue weighted by Gasteiger charge is 2.25. The van der Waals surface area contributed by atoms with Gasteiger partial charge in [-0.3, -0.25) is 4.79 Å². The Morgan fingerprint density at radius 3 is 2.69 bits per heavy atom. The van der Waals surface area contributed by atoms with E-state index in [1.807, 2.05) is 56.3 Å². The van der Waals surface area contributed by atoms with Crippen molar-refractivity contribution < 1.29 is 9.53 Å². The molecule has 1 atom stereocenters. The van der Waals surface area contributed by atoms with Crippen LogP contribution in [0.4, 0.5) is 5.69 Å². The van der Waals surface area contributed by atoms with Gasteiger partial charge in [-0.25, -0.2) is 0 Å². The second kappa shape index (κ2) is 8.24. The lowest BCUT2D eigenvalue weighted by Gasteiger charge is -2.14. The summed E-state index contributed by atoms with van der Waals surface area (Å²) < 4.78 is 5.42. The van der Waals surface area contributed by atoms with Crippen LogP contribution in [0.25, 0.3) is 0 Å². The average Bonchev–Trinajstić information content (AvgIpc) is 3.16. The van der Waals surface area contributed by atoms with E-state index in [4.69, 9.17) is 4.74 Å². The lowest BCUT2D eigenvalue weighted by atomic mass is 9.96. The molecule has 0 aliphatic heterocycles. The number of aryl methyl sites for hydroxylation is 1. The fraction of sp³-hybridized carbons (Fsp3) is 0.263. The first-order valence-corrected chi connectivity index (χ1v) is 8.48. The number of nitrogens with zero attached hydrogens (tertiary/aromatic N) is 3. The number of aromatic nitrogens is 4. The fourth-order valence-electron chi connectivity index (χ4n) is 2.72. The van der Waals surface area contributed by atoms with Crippen molar-refractivity contribution in [1.29, 1.82) is 0 Å². The van der Waals surface area contributed by atoms with Gasteiger partial charge in [0.25, 0.3) is 0 Å². The van der Waals surface area contributed by atoms with Gasteiger partial charge in [-0.05, 0) is 50.1 Å². The van der Waals surface area contributed by atoms with Crippen LogP contribution in [0.5, 0.6) is 5.75 Å². The van der Waals surface area contributed by atoms with Crippen molar-refractivity contribution in [2.45, 2.75) is 26.2 Å². The van der Waals surface area contributed by atoms with E-state index < -0.39 is 5.92 Å². The maximum absolute atomic E-state index is 12.8. The molecule has 0 aliphatic carbocycles. The fourth-order valence-corrected chi connectivity index (χ4v) is 2.72. The minimum atomic E-state index is -0.540. The zero-order valence-corrected chi connectivity index (χ0v) is 14.8. The smallest absolute Gasteiger partial charge is 0.235 e. The number of rotatable bonds is 7. The number of hydrogen-bond donors (Lipinski definition) is 2. The molecule has 7 heteroatoms. The Kier molecular flexibility index (Phi) is 5.58. The Labute approximate surface area is 151 Å². The van der Waals surface area contributed by atoms with Crippen LogP contribution < -0.4 is 10.1 Å². The minimum Gasteiger partial charge on any atom is -0.494 e. The molecular weight excluding hydrogens is 330 g/mol. The number of ether oxygens (including phenoxy) is 1. The highest BCUT2D eigenvalue weighted by molar-refractivity contribution is 5.95. The first-order chi connectivity index (χ1) is 12.7. The van der Waals surface area contributed by atoms with Crippen molar-refractivity contribution in [2.75, 3.05) is 11.9 Å². The van der Waals surface area contributed by atoms with Crippen LogP contribution in [0, 0.1) is 6.92 Å². The molecule has 1 aromatic heterocycles. The van der Waals surface area contributed by atoms with Crippen LogP contribution >= 0.6 is 0 Å². The summed E-state index contributed by atoms with van der Waals surface area (Å²) in [4.78, 5) is 12.8. The first-order valence-electron chi connectivity index (χ1n) is 8.48. The summed E-state index contributed by atoms with van der Waals surface area (Å²) in [6, 6.07) is 15.3. The molecular formula is C19H21N5O2. The van der Waals surface area contributed by atoms with Crippen LogP contribution in [-0.4, -0.2) is 33.1 Å². The van der Waals surface area contributed by atoms with E-state index in [1.165, 1.54) is 0 Å². The Morgan fingerprint density at radius 1 is 1.23 bits per heavy atom. The second-order valence-electron chi connectivity index (χ2n) is 5.96. The molecule has 0 saturated heterocycles. The van der Waals surface area contributed by atoms with Crippen molar-refractivity contribution in [3.8, 4) is 5.75 Å². The molecule has 134 valence electrons. The number of nitrogens with one attached hydrogen (secondary N) is 2. The normalized spacial score (nSPS) is 11.8. The van der Waals surface area contributed by atoms with E-state index >= 15 is 0 Å².